The van der Waals surface area contributed by atoms with Crippen LogP contribution in [0, 0.1) is 11.7 Å². The average molecular weight is 288 g/mol. The lowest BCUT2D eigenvalue weighted by molar-refractivity contribution is 0.184. The third kappa shape index (κ3) is 3.65. The topological polar surface area (TPSA) is 81.4 Å². The van der Waals surface area contributed by atoms with Gasteiger partial charge < -0.3 is 10.5 Å². The van der Waals surface area contributed by atoms with Crippen LogP contribution in [0.3, 0.4) is 0 Å². The zero-order valence-corrected chi connectivity index (χ0v) is 11.2. The van der Waals surface area contributed by atoms with Crippen molar-refractivity contribution in [1.82, 2.24) is 4.72 Å². The monoisotopic (exact) mass is 288 g/mol. The van der Waals surface area contributed by atoms with Gasteiger partial charge in [-0.25, -0.2) is 17.5 Å². The van der Waals surface area contributed by atoms with Gasteiger partial charge in [-0.1, -0.05) is 0 Å². The van der Waals surface area contributed by atoms with E-state index in [-0.39, 0.29) is 10.6 Å². The Kier molecular flexibility index (Phi) is 4.38. The van der Waals surface area contributed by atoms with Crippen LogP contribution < -0.4 is 10.5 Å². The highest BCUT2D eigenvalue weighted by atomic mass is 32.2. The number of sulfonamides is 1. The van der Waals surface area contributed by atoms with Gasteiger partial charge >= 0.3 is 0 Å². The molecule has 1 aliphatic heterocycles. The van der Waals surface area contributed by atoms with Gasteiger partial charge in [0.1, 0.15) is 10.7 Å². The molecule has 0 amide bonds. The number of hydrogen-bond acceptors (Lipinski definition) is 4. The molecular formula is C12H17FN2O3S. The zero-order chi connectivity index (χ0) is 13.9. The van der Waals surface area contributed by atoms with Gasteiger partial charge in [0.25, 0.3) is 0 Å². The summed E-state index contributed by atoms with van der Waals surface area (Å²) in [5.41, 5.74) is 5.44. The van der Waals surface area contributed by atoms with Crippen molar-refractivity contribution in [1.29, 1.82) is 0 Å². The van der Waals surface area contributed by atoms with Crippen LogP contribution in [0.4, 0.5) is 10.1 Å². The third-order valence-corrected chi connectivity index (χ3v) is 4.66. The Morgan fingerprint density at radius 1 is 1.47 bits per heavy atom. The van der Waals surface area contributed by atoms with Crippen LogP contribution >= 0.6 is 0 Å². The van der Waals surface area contributed by atoms with Crippen LogP contribution in [-0.2, 0) is 14.8 Å². The lowest BCUT2D eigenvalue weighted by Gasteiger charge is -2.11. The number of anilines is 1. The van der Waals surface area contributed by atoms with Gasteiger partial charge in [-0.3, -0.25) is 0 Å². The maximum atomic E-state index is 12.9. The molecule has 7 heteroatoms. The van der Waals surface area contributed by atoms with Crippen LogP contribution in [-0.4, -0.2) is 28.2 Å². The molecule has 19 heavy (non-hydrogen) atoms. The normalized spacial score (nSPS) is 19.7. The minimum absolute atomic E-state index is 0.0864. The molecule has 1 fully saturated rings. The maximum Gasteiger partial charge on any atom is 0.242 e. The molecule has 1 atom stereocenters. The second-order valence-corrected chi connectivity index (χ2v) is 6.33. The van der Waals surface area contributed by atoms with E-state index in [1.807, 2.05) is 0 Å². The molecule has 106 valence electrons. The molecule has 5 nitrogen and oxygen atoms in total. The van der Waals surface area contributed by atoms with Crippen molar-refractivity contribution in [2.24, 2.45) is 5.92 Å². The fraction of sp³-hybridized carbons (Fsp3) is 0.500. The summed E-state index contributed by atoms with van der Waals surface area (Å²) < 4.78 is 44.6. The van der Waals surface area contributed by atoms with E-state index in [4.69, 9.17) is 10.5 Å². The quantitative estimate of drug-likeness (QED) is 0.795. The number of nitrogens with two attached hydrogens (primary N) is 1. The third-order valence-electron chi connectivity index (χ3n) is 3.13. The zero-order valence-electron chi connectivity index (χ0n) is 10.4. The van der Waals surface area contributed by atoms with Crippen LogP contribution in [0.5, 0.6) is 0 Å². The first-order valence-corrected chi connectivity index (χ1v) is 7.60. The molecular weight excluding hydrogens is 271 g/mol. The number of hydrogen-bond donors (Lipinski definition) is 2. The van der Waals surface area contributed by atoms with Gasteiger partial charge in [-0.05, 0) is 37.0 Å². The van der Waals surface area contributed by atoms with Gasteiger partial charge in [-0.2, -0.15) is 0 Å². The Hall–Kier alpha value is -1.18. The summed E-state index contributed by atoms with van der Waals surface area (Å²) in [7, 11) is -3.68. The smallest absolute Gasteiger partial charge is 0.242 e. The van der Waals surface area contributed by atoms with Gasteiger partial charge in [0.05, 0.1) is 5.69 Å². The number of rotatable bonds is 5. The van der Waals surface area contributed by atoms with Crippen molar-refractivity contribution in [2.45, 2.75) is 17.7 Å². The van der Waals surface area contributed by atoms with Gasteiger partial charge in [0.2, 0.25) is 10.0 Å². The molecule has 0 aliphatic carbocycles. The summed E-state index contributed by atoms with van der Waals surface area (Å²) >= 11 is 0. The molecule has 3 N–H and O–H groups in total. The largest absolute Gasteiger partial charge is 0.398 e. The molecule has 1 aromatic rings. The molecule has 1 heterocycles. The molecule has 0 spiro atoms. The number of ether oxygens (including phenoxy) is 1. The number of nitrogens with one attached hydrogen (secondary N) is 1. The average Bonchev–Trinajstić information content (AvgIpc) is 2.81. The second kappa shape index (κ2) is 5.85. The van der Waals surface area contributed by atoms with Crippen LogP contribution in [0.1, 0.15) is 12.8 Å². The fourth-order valence-corrected chi connectivity index (χ4v) is 3.21. The van der Waals surface area contributed by atoms with Crippen LogP contribution in [0.2, 0.25) is 0 Å². The first-order valence-electron chi connectivity index (χ1n) is 6.11. The van der Waals surface area contributed by atoms with Crippen molar-refractivity contribution >= 4 is 15.7 Å². The highest BCUT2D eigenvalue weighted by Crippen LogP contribution is 2.20. The van der Waals surface area contributed by atoms with Gasteiger partial charge in [0.15, 0.2) is 0 Å². The fourth-order valence-electron chi connectivity index (χ4n) is 2.05. The van der Waals surface area contributed by atoms with Crippen molar-refractivity contribution in [3.05, 3.63) is 24.0 Å². The Morgan fingerprint density at radius 2 is 2.26 bits per heavy atom. The summed E-state index contributed by atoms with van der Waals surface area (Å²) in [5.74, 6) is -0.159. The highest BCUT2D eigenvalue weighted by Gasteiger charge is 2.20. The molecule has 0 aromatic heterocycles. The van der Waals surface area contributed by atoms with E-state index < -0.39 is 15.8 Å². The molecule has 1 aliphatic rings. The number of halogens is 1. The standard InChI is InChI=1S/C12H17FN2O3S/c13-10-1-2-12(11(14)7-10)19(16,17)15-5-3-9-4-6-18-8-9/h1-2,7,9,15H,3-6,8,14H2. The summed E-state index contributed by atoms with van der Waals surface area (Å²) in [6.45, 7) is 1.75. The van der Waals surface area contributed by atoms with E-state index in [1.54, 1.807) is 0 Å². The summed E-state index contributed by atoms with van der Waals surface area (Å²) in [6.07, 6.45) is 1.68. The molecule has 0 saturated carbocycles. The van der Waals surface area contributed by atoms with E-state index in [1.165, 1.54) is 6.07 Å². The van der Waals surface area contributed by atoms with E-state index in [2.05, 4.69) is 4.72 Å². The summed E-state index contributed by atoms with van der Waals surface area (Å²) in [5, 5.41) is 0. The van der Waals surface area contributed by atoms with E-state index >= 15 is 0 Å². The Bertz CT molecular complexity index is 542. The van der Waals surface area contributed by atoms with Gasteiger partial charge in [0, 0.05) is 19.8 Å². The molecule has 1 saturated heterocycles. The summed E-state index contributed by atoms with van der Waals surface area (Å²) in [6, 6.07) is 3.25. The first-order chi connectivity index (χ1) is 8.99. The predicted octanol–water partition coefficient (Wildman–Crippen LogP) is 1.11. The van der Waals surface area contributed by atoms with Crippen molar-refractivity contribution in [3.63, 3.8) is 0 Å². The van der Waals surface area contributed by atoms with Crippen LogP contribution in [0.25, 0.3) is 0 Å². The highest BCUT2D eigenvalue weighted by molar-refractivity contribution is 7.89. The molecule has 0 radical (unpaired) electrons. The lowest BCUT2D eigenvalue weighted by Crippen LogP contribution is -2.27. The first kappa shape index (κ1) is 14.2. The number of nitrogen functional groups attached to an aromatic ring is 1. The van der Waals surface area contributed by atoms with Crippen molar-refractivity contribution in [2.75, 3.05) is 25.5 Å². The second-order valence-electron chi connectivity index (χ2n) is 4.60. The number of benzene rings is 1. The van der Waals surface area contributed by atoms with Gasteiger partial charge in [-0.15, -0.1) is 0 Å². The summed E-state index contributed by atoms with van der Waals surface area (Å²) in [4.78, 5) is -0.0865. The Labute approximate surface area is 112 Å². The van der Waals surface area contributed by atoms with E-state index in [0.717, 1.165) is 31.6 Å². The Balaban J connectivity index is 1.97. The molecule has 0 bridgehead atoms. The predicted molar refractivity (Wildman–Crippen MR) is 69.5 cm³/mol. The lowest BCUT2D eigenvalue weighted by atomic mass is 10.1. The van der Waals surface area contributed by atoms with Crippen LogP contribution in [0.15, 0.2) is 23.1 Å². The Morgan fingerprint density at radius 3 is 2.89 bits per heavy atom. The van der Waals surface area contributed by atoms with Crippen molar-refractivity contribution in [3.8, 4) is 0 Å². The SMILES string of the molecule is Nc1cc(F)ccc1S(=O)(=O)NCCC1CCOC1. The minimum atomic E-state index is -3.68. The molecule has 1 unspecified atom stereocenters. The molecule has 2 rings (SSSR count). The van der Waals surface area contributed by atoms with Crippen molar-refractivity contribution < 1.29 is 17.5 Å². The molecule has 1 aromatic carbocycles. The van der Waals surface area contributed by atoms with E-state index in [0.29, 0.717) is 19.1 Å². The minimum Gasteiger partial charge on any atom is -0.398 e. The van der Waals surface area contributed by atoms with E-state index in [9.17, 15) is 12.8 Å². The maximum absolute atomic E-state index is 12.9.